The summed E-state index contributed by atoms with van der Waals surface area (Å²) in [5, 5.41) is -0.361. The molecule has 29 heavy (non-hydrogen) atoms. The topological polar surface area (TPSA) is 55.8 Å². The fourth-order valence-corrected chi connectivity index (χ4v) is 4.19. The Hall–Kier alpha value is -2.32. The van der Waals surface area contributed by atoms with Crippen molar-refractivity contribution in [1.29, 1.82) is 0 Å². The number of hydrogen-bond donors (Lipinski definition) is 0. The van der Waals surface area contributed by atoms with E-state index in [0.717, 1.165) is 16.7 Å². The highest BCUT2D eigenvalue weighted by Gasteiger charge is 2.35. The Labute approximate surface area is 181 Å². The third-order valence-electron chi connectivity index (χ3n) is 4.05. The van der Waals surface area contributed by atoms with Gasteiger partial charge in [0.05, 0.1) is 29.1 Å². The maximum Gasteiger partial charge on any atom is 0.293 e. The summed E-state index contributed by atoms with van der Waals surface area (Å²) in [6.45, 7) is 4.80. The average molecular weight is 480 g/mol. The number of amides is 2. The van der Waals surface area contributed by atoms with Crippen LogP contribution in [0.15, 0.2) is 45.8 Å². The van der Waals surface area contributed by atoms with Crippen LogP contribution in [-0.4, -0.2) is 29.3 Å². The van der Waals surface area contributed by atoms with Crippen molar-refractivity contribution in [2.24, 2.45) is 0 Å². The predicted octanol–water partition coefficient (Wildman–Crippen LogP) is 5.62. The smallest absolute Gasteiger partial charge is 0.293 e. The summed E-state index contributed by atoms with van der Waals surface area (Å²) < 4.78 is 25.0. The Morgan fingerprint density at radius 2 is 1.79 bits per heavy atom. The Kier molecular flexibility index (Phi) is 6.97. The average Bonchev–Trinajstić information content (AvgIpc) is 2.94. The van der Waals surface area contributed by atoms with E-state index in [1.165, 1.54) is 12.1 Å². The van der Waals surface area contributed by atoms with Crippen molar-refractivity contribution in [3.63, 3.8) is 0 Å². The van der Waals surface area contributed by atoms with Crippen LogP contribution >= 0.6 is 27.7 Å². The van der Waals surface area contributed by atoms with E-state index in [4.69, 9.17) is 9.47 Å². The molecule has 0 saturated carbocycles. The first kappa shape index (κ1) is 21.4. The zero-order chi connectivity index (χ0) is 21.0. The van der Waals surface area contributed by atoms with Gasteiger partial charge in [0, 0.05) is 0 Å². The van der Waals surface area contributed by atoms with Gasteiger partial charge >= 0.3 is 0 Å². The highest BCUT2D eigenvalue weighted by molar-refractivity contribution is 9.10. The third kappa shape index (κ3) is 5.00. The first-order valence-electron chi connectivity index (χ1n) is 9.01. The molecule has 1 aliphatic heterocycles. The lowest BCUT2D eigenvalue weighted by Gasteiger charge is -2.14. The molecule has 0 atom stereocenters. The Morgan fingerprint density at radius 3 is 2.45 bits per heavy atom. The number of benzene rings is 2. The Morgan fingerprint density at radius 1 is 1.10 bits per heavy atom. The van der Waals surface area contributed by atoms with Crippen LogP contribution in [0.5, 0.6) is 11.5 Å². The van der Waals surface area contributed by atoms with Crippen molar-refractivity contribution in [3.05, 3.63) is 62.7 Å². The van der Waals surface area contributed by atoms with E-state index in [-0.39, 0.29) is 23.5 Å². The van der Waals surface area contributed by atoms with Gasteiger partial charge in [-0.1, -0.05) is 12.1 Å². The van der Waals surface area contributed by atoms with Gasteiger partial charge in [0.15, 0.2) is 11.5 Å². The molecule has 1 heterocycles. The second-order valence-electron chi connectivity index (χ2n) is 6.09. The summed E-state index contributed by atoms with van der Waals surface area (Å²) >= 11 is 4.35. The van der Waals surface area contributed by atoms with Crippen LogP contribution in [0.2, 0.25) is 0 Å². The zero-order valence-corrected chi connectivity index (χ0v) is 18.3. The lowest BCUT2D eigenvalue weighted by molar-refractivity contribution is -0.123. The van der Waals surface area contributed by atoms with Gasteiger partial charge in [0.2, 0.25) is 0 Å². The Bertz CT molecular complexity index is 962. The monoisotopic (exact) mass is 479 g/mol. The molecule has 0 radical (unpaired) electrons. The zero-order valence-electron chi connectivity index (χ0n) is 15.9. The minimum atomic E-state index is -0.382. The molecule has 3 rings (SSSR count). The number of imide groups is 1. The molecule has 0 unspecified atom stereocenters. The summed E-state index contributed by atoms with van der Waals surface area (Å²) in [5.74, 6) is 0.401. The summed E-state index contributed by atoms with van der Waals surface area (Å²) in [6.07, 6.45) is 1.65. The molecule has 1 aliphatic rings. The van der Waals surface area contributed by atoms with Gasteiger partial charge in [-0.3, -0.25) is 14.5 Å². The lowest BCUT2D eigenvalue weighted by Crippen LogP contribution is -2.27. The second-order valence-corrected chi connectivity index (χ2v) is 7.94. The molecule has 0 N–H and O–H groups in total. The lowest BCUT2D eigenvalue weighted by atomic mass is 10.1. The minimum absolute atomic E-state index is 0.0967. The molecule has 8 heteroatoms. The van der Waals surface area contributed by atoms with E-state index >= 15 is 0 Å². The summed E-state index contributed by atoms with van der Waals surface area (Å²) in [4.78, 5) is 26.5. The van der Waals surface area contributed by atoms with Gasteiger partial charge in [-0.2, -0.15) is 0 Å². The summed E-state index contributed by atoms with van der Waals surface area (Å²) in [7, 11) is 0. The fourth-order valence-electron chi connectivity index (χ4n) is 2.78. The number of hydrogen-bond acceptors (Lipinski definition) is 5. The van der Waals surface area contributed by atoms with Crippen molar-refractivity contribution >= 4 is 44.9 Å². The van der Waals surface area contributed by atoms with Gasteiger partial charge in [0.1, 0.15) is 5.82 Å². The standard InChI is InChI=1S/C21H19BrFNO4S/c1-3-27-17-10-14(9-16(22)19(17)28-4-2)11-18-20(25)24(21(26)29-18)12-13-5-7-15(23)8-6-13/h5-11H,3-4,12H2,1-2H3/b18-11-. The van der Waals surface area contributed by atoms with Gasteiger partial charge < -0.3 is 9.47 Å². The van der Waals surface area contributed by atoms with Crippen molar-refractivity contribution in [1.82, 2.24) is 4.90 Å². The van der Waals surface area contributed by atoms with Crippen molar-refractivity contribution in [3.8, 4) is 11.5 Å². The molecular formula is C21H19BrFNO4S. The first-order chi connectivity index (χ1) is 13.9. The van der Waals surface area contributed by atoms with E-state index in [1.54, 1.807) is 24.3 Å². The highest BCUT2D eigenvalue weighted by atomic mass is 79.9. The fraction of sp³-hybridized carbons (Fsp3) is 0.238. The molecule has 0 bridgehead atoms. The SMILES string of the molecule is CCOc1cc(/C=C2\SC(=O)N(Cc3ccc(F)cc3)C2=O)cc(Br)c1OCC. The highest BCUT2D eigenvalue weighted by Crippen LogP contribution is 2.39. The molecule has 0 aliphatic carbocycles. The molecule has 0 aromatic heterocycles. The van der Waals surface area contributed by atoms with Crippen LogP contribution < -0.4 is 9.47 Å². The van der Waals surface area contributed by atoms with Crippen molar-refractivity contribution in [2.75, 3.05) is 13.2 Å². The molecule has 1 fully saturated rings. The number of nitrogens with zero attached hydrogens (tertiary/aromatic N) is 1. The molecule has 2 aromatic rings. The largest absolute Gasteiger partial charge is 0.490 e. The number of halogens is 2. The maximum absolute atomic E-state index is 13.1. The molecule has 5 nitrogen and oxygen atoms in total. The summed E-state index contributed by atoms with van der Waals surface area (Å²) in [6, 6.07) is 9.29. The number of rotatable bonds is 7. The van der Waals surface area contributed by atoms with Crippen LogP contribution in [-0.2, 0) is 11.3 Å². The maximum atomic E-state index is 13.1. The van der Waals surface area contributed by atoms with Gasteiger partial charge in [-0.15, -0.1) is 0 Å². The van der Waals surface area contributed by atoms with Crippen LogP contribution in [0.1, 0.15) is 25.0 Å². The van der Waals surface area contributed by atoms with E-state index in [1.807, 2.05) is 19.9 Å². The van der Waals surface area contributed by atoms with Gasteiger partial charge in [-0.05, 0) is 83.0 Å². The van der Waals surface area contributed by atoms with Gasteiger partial charge in [-0.25, -0.2) is 4.39 Å². The van der Waals surface area contributed by atoms with E-state index < -0.39 is 0 Å². The third-order valence-corrected chi connectivity index (χ3v) is 5.54. The summed E-state index contributed by atoms with van der Waals surface area (Å²) in [5.41, 5.74) is 1.38. The molecule has 2 aromatic carbocycles. The number of carbonyl (C=O) groups excluding carboxylic acids is 2. The molecule has 1 saturated heterocycles. The van der Waals surface area contributed by atoms with Crippen LogP contribution in [0, 0.1) is 5.82 Å². The number of ether oxygens (including phenoxy) is 2. The molecule has 2 amide bonds. The predicted molar refractivity (Wildman–Crippen MR) is 114 cm³/mol. The quantitative estimate of drug-likeness (QED) is 0.482. The van der Waals surface area contributed by atoms with Gasteiger partial charge in [0.25, 0.3) is 11.1 Å². The van der Waals surface area contributed by atoms with E-state index in [9.17, 15) is 14.0 Å². The van der Waals surface area contributed by atoms with E-state index in [0.29, 0.717) is 45.2 Å². The molecule has 0 spiro atoms. The van der Waals surface area contributed by atoms with Crippen LogP contribution in [0.4, 0.5) is 9.18 Å². The normalized spacial score (nSPS) is 15.3. The number of thioether (sulfide) groups is 1. The van der Waals surface area contributed by atoms with Crippen LogP contribution in [0.25, 0.3) is 6.08 Å². The second kappa shape index (κ2) is 9.45. The molecular weight excluding hydrogens is 461 g/mol. The minimum Gasteiger partial charge on any atom is -0.490 e. The Balaban J connectivity index is 1.86. The van der Waals surface area contributed by atoms with Crippen LogP contribution in [0.3, 0.4) is 0 Å². The molecule has 152 valence electrons. The van der Waals surface area contributed by atoms with E-state index in [2.05, 4.69) is 15.9 Å². The first-order valence-corrected chi connectivity index (χ1v) is 10.6. The van der Waals surface area contributed by atoms with Crippen molar-refractivity contribution < 1.29 is 23.5 Å². The van der Waals surface area contributed by atoms with Crippen molar-refractivity contribution in [2.45, 2.75) is 20.4 Å². The number of carbonyl (C=O) groups is 2.